The van der Waals surface area contributed by atoms with Crippen LogP contribution < -0.4 is 5.32 Å². The molecule has 17 heavy (non-hydrogen) atoms. The van der Waals surface area contributed by atoms with Crippen LogP contribution in [0.1, 0.15) is 56.3 Å². The summed E-state index contributed by atoms with van der Waals surface area (Å²) in [4.78, 5) is 0. The lowest BCUT2D eigenvalue weighted by Gasteiger charge is -2.21. The Balaban J connectivity index is 2.83. The summed E-state index contributed by atoms with van der Waals surface area (Å²) in [6, 6.07) is 7.36. The molecule has 1 nitrogen and oxygen atoms in total. The van der Waals surface area contributed by atoms with Gasteiger partial charge in [-0.1, -0.05) is 39.0 Å². The topological polar surface area (TPSA) is 12.0 Å². The van der Waals surface area contributed by atoms with E-state index in [9.17, 15) is 0 Å². The van der Waals surface area contributed by atoms with Gasteiger partial charge in [0, 0.05) is 6.04 Å². The average Bonchev–Trinajstić information content (AvgIpc) is 2.27. The summed E-state index contributed by atoms with van der Waals surface area (Å²) < 4.78 is 0. The van der Waals surface area contributed by atoms with Gasteiger partial charge >= 0.3 is 0 Å². The molecule has 1 rings (SSSR count). The van der Waals surface area contributed by atoms with Gasteiger partial charge in [0.1, 0.15) is 0 Å². The molecule has 1 heteroatoms. The van der Waals surface area contributed by atoms with Crippen LogP contribution in [0.25, 0.3) is 0 Å². The first-order valence-corrected chi connectivity index (χ1v) is 6.85. The maximum Gasteiger partial charge on any atom is 0.0322 e. The summed E-state index contributed by atoms with van der Waals surface area (Å²) in [6.07, 6.45) is 2.40. The fraction of sp³-hybridized carbons (Fsp3) is 0.625. The number of hydrogen-bond acceptors (Lipinski definition) is 1. The van der Waals surface area contributed by atoms with Crippen LogP contribution in [0.3, 0.4) is 0 Å². The Kier molecular flexibility index (Phi) is 5.70. The molecule has 0 spiro atoms. The standard InChI is InChI=1S/C16H27N/c1-6-9-17-16(10-12(2)3)15-8-7-13(4)14(5)11-15/h7-8,11-12,16-17H,6,9-10H2,1-5H3. The summed E-state index contributed by atoms with van der Waals surface area (Å²) in [5.74, 6) is 0.728. The van der Waals surface area contributed by atoms with Crippen molar-refractivity contribution in [1.29, 1.82) is 0 Å². The van der Waals surface area contributed by atoms with E-state index in [4.69, 9.17) is 0 Å². The predicted octanol–water partition coefficient (Wildman–Crippen LogP) is 4.39. The summed E-state index contributed by atoms with van der Waals surface area (Å²) in [6.45, 7) is 12.3. The zero-order chi connectivity index (χ0) is 12.8. The van der Waals surface area contributed by atoms with Gasteiger partial charge in [0.15, 0.2) is 0 Å². The van der Waals surface area contributed by atoms with Crippen molar-refractivity contribution >= 4 is 0 Å². The second kappa shape index (κ2) is 6.80. The molecule has 0 aliphatic carbocycles. The minimum atomic E-state index is 0.509. The highest BCUT2D eigenvalue weighted by Gasteiger charge is 2.12. The molecule has 1 atom stereocenters. The van der Waals surface area contributed by atoms with Gasteiger partial charge in [-0.25, -0.2) is 0 Å². The fourth-order valence-corrected chi connectivity index (χ4v) is 2.11. The molecule has 1 aromatic rings. The van der Waals surface area contributed by atoms with Crippen molar-refractivity contribution in [2.75, 3.05) is 6.54 Å². The third-order valence-corrected chi connectivity index (χ3v) is 3.28. The quantitative estimate of drug-likeness (QED) is 0.768. The van der Waals surface area contributed by atoms with Crippen molar-refractivity contribution in [1.82, 2.24) is 5.32 Å². The number of rotatable bonds is 6. The third kappa shape index (κ3) is 4.51. The van der Waals surface area contributed by atoms with Crippen molar-refractivity contribution < 1.29 is 0 Å². The molecule has 1 N–H and O–H groups in total. The van der Waals surface area contributed by atoms with Gasteiger partial charge in [-0.05, 0) is 55.8 Å². The Morgan fingerprint density at radius 2 is 1.82 bits per heavy atom. The lowest BCUT2D eigenvalue weighted by molar-refractivity contribution is 0.430. The monoisotopic (exact) mass is 233 g/mol. The Hall–Kier alpha value is -0.820. The average molecular weight is 233 g/mol. The number of aryl methyl sites for hydroxylation is 2. The normalized spacial score (nSPS) is 13.1. The molecule has 0 fully saturated rings. The first kappa shape index (κ1) is 14.2. The molecule has 0 aliphatic heterocycles. The minimum Gasteiger partial charge on any atom is -0.310 e. The van der Waals surface area contributed by atoms with E-state index < -0.39 is 0 Å². The van der Waals surface area contributed by atoms with Crippen LogP contribution in [0.4, 0.5) is 0 Å². The van der Waals surface area contributed by atoms with Crippen molar-refractivity contribution in [3.8, 4) is 0 Å². The zero-order valence-electron chi connectivity index (χ0n) is 12.0. The van der Waals surface area contributed by atoms with Crippen molar-refractivity contribution in [2.45, 2.75) is 53.5 Å². The van der Waals surface area contributed by atoms with Crippen LogP contribution >= 0.6 is 0 Å². The molecule has 0 saturated carbocycles. The molecule has 0 bridgehead atoms. The van der Waals surface area contributed by atoms with E-state index in [1.54, 1.807) is 0 Å². The van der Waals surface area contributed by atoms with E-state index in [1.165, 1.54) is 29.5 Å². The maximum absolute atomic E-state index is 3.66. The van der Waals surface area contributed by atoms with Crippen molar-refractivity contribution in [3.05, 3.63) is 34.9 Å². The van der Waals surface area contributed by atoms with Crippen molar-refractivity contribution in [3.63, 3.8) is 0 Å². The van der Waals surface area contributed by atoms with Gasteiger partial charge in [0.2, 0.25) is 0 Å². The van der Waals surface area contributed by atoms with Gasteiger partial charge in [-0.15, -0.1) is 0 Å². The van der Waals surface area contributed by atoms with E-state index in [0.717, 1.165) is 12.5 Å². The Bertz CT molecular complexity index is 341. The van der Waals surface area contributed by atoms with Crippen LogP contribution in [0.15, 0.2) is 18.2 Å². The second-order valence-corrected chi connectivity index (χ2v) is 5.48. The van der Waals surface area contributed by atoms with Gasteiger partial charge in [0.05, 0.1) is 0 Å². The lowest BCUT2D eigenvalue weighted by Crippen LogP contribution is -2.23. The van der Waals surface area contributed by atoms with Crippen molar-refractivity contribution in [2.24, 2.45) is 5.92 Å². The largest absolute Gasteiger partial charge is 0.310 e. The van der Waals surface area contributed by atoms with E-state index in [1.807, 2.05) is 0 Å². The first-order chi connectivity index (χ1) is 8.04. The van der Waals surface area contributed by atoms with Gasteiger partial charge < -0.3 is 5.32 Å². The first-order valence-electron chi connectivity index (χ1n) is 6.85. The summed E-state index contributed by atoms with van der Waals surface area (Å²) in [7, 11) is 0. The predicted molar refractivity (Wildman–Crippen MR) is 76.4 cm³/mol. The summed E-state index contributed by atoms with van der Waals surface area (Å²) in [5, 5.41) is 3.66. The Morgan fingerprint density at radius 1 is 1.12 bits per heavy atom. The van der Waals surface area contributed by atoms with Crippen LogP contribution in [0, 0.1) is 19.8 Å². The molecule has 96 valence electrons. The van der Waals surface area contributed by atoms with Crippen LogP contribution in [-0.2, 0) is 0 Å². The molecule has 0 heterocycles. The molecule has 0 amide bonds. The smallest absolute Gasteiger partial charge is 0.0322 e. The second-order valence-electron chi connectivity index (χ2n) is 5.48. The highest BCUT2D eigenvalue weighted by atomic mass is 14.9. The van der Waals surface area contributed by atoms with E-state index in [0.29, 0.717) is 6.04 Å². The van der Waals surface area contributed by atoms with Crippen LogP contribution in [-0.4, -0.2) is 6.54 Å². The highest BCUT2D eigenvalue weighted by Crippen LogP contribution is 2.23. The molecule has 0 aromatic heterocycles. The molecule has 0 saturated heterocycles. The van der Waals surface area contributed by atoms with E-state index >= 15 is 0 Å². The summed E-state index contributed by atoms with van der Waals surface area (Å²) in [5.41, 5.74) is 4.22. The van der Waals surface area contributed by atoms with Crippen LogP contribution in [0.2, 0.25) is 0 Å². The Labute approximate surface area is 107 Å². The van der Waals surface area contributed by atoms with Crippen LogP contribution in [0.5, 0.6) is 0 Å². The zero-order valence-corrected chi connectivity index (χ0v) is 12.0. The van der Waals surface area contributed by atoms with Gasteiger partial charge in [-0.2, -0.15) is 0 Å². The Morgan fingerprint density at radius 3 is 2.35 bits per heavy atom. The molecular weight excluding hydrogens is 206 g/mol. The molecule has 0 aliphatic rings. The third-order valence-electron chi connectivity index (χ3n) is 3.28. The maximum atomic E-state index is 3.66. The number of hydrogen-bond donors (Lipinski definition) is 1. The van der Waals surface area contributed by atoms with E-state index in [2.05, 4.69) is 58.1 Å². The summed E-state index contributed by atoms with van der Waals surface area (Å²) >= 11 is 0. The minimum absolute atomic E-state index is 0.509. The number of benzene rings is 1. The SMILES string of the molecule is CCCNC(CC(C)C)c1ccc(C)c(C)c1. The fourth-order valence-electron chi connectivity index (χ4n) is 2.11. The highest BCUT2D eigenvalue weighted by molar-refractivity contribution is 5.31. The lowest BCUT2D eigenvalue weighted by atomic mass is 9.94. The number of nitrogens with one attached hydrogen (secondary N) is 1. The molecule has 1 aromatic carbocycles. The molecule has 1 unspecified atom stereocenters. The van der Waals surface area contributed by atoms with Gasteiger partial charge in [0.25, 0.3) is 0 Å². The van der Waals surface area contributed by atoms with Gasteiger partial charge in [-0.3, -0.25) is 0 Å². The van der Waals surface area contributed by atoms with E-state index in [-0.39, 0.29) is 0 Å². The molecular formula is C16H27N. The molecule has 0 radical (unpaired) electrons.